The Kier molecular flexibility index (Phi) is 5.94. The van der Waals surface area contributed by atoms with Crippen LogP contribution in [0.1, 0.15) is 75.3 Å². The standard InChI is InChI=1S/C18H27Br/c1-3-4-5-6-15-7-9-16(10-8-15)18-12-11-17(19)13-14(18)2/h11-13,15-16H,3-10H2,1-2H3/t15-,16-. The zero-order valence-corrected chi connectivity index (χ0v) is 14.0. The molecule has 0 aliphatic heterocycles. The third-order valence-electron chi connectivity index (χ3n) is 4.73. The van der Waals surface area contributed by atoms with Gasteiger partial charge < -0.3 is 0 Å². The summed E-state index contributed by atoms with van der Waals surface area (Å²) in [6, 6.07) is 6.81. The van der Waals surface area contributed by atoms with Crippen molar-refractivity contribution in [1.82, 2.24) is 0 Å². The summed E-state index contributed by atoms with van der Waals surface area (Å²) >= 11 is 3.57. The van der Waals surface area contributed by atoms with Crippen LogP contribution in [0.3, 0.4) is 0 Å². The summed E-state index contributed by atoms with van der Waals surface area (Å²) in [5.41, 5.74) is 3.05. The maximum Gasteiger partial charge on any atom is 0.0178 e. The van der Waals surface area contributed by atoms with Crippen molar-refractivity contribution in [2.24, 2.45) is 5.92 Å². The molecule has 0 N–H and O–H groups in total. The SMILES string of the molecule is CCCCC[C@H]1CC[C@H](c2ccc(Br)cc2C)CC1. The van der Waals surface area contributed by atoms with E-state index in [1.165, 1.54) is 61.4 Å². The quantitative estimate of drug-likeness (QED) is 0.535. The Hall–Kier alpha value is -0.300. The van der Waals surface area contributed by atoms with Gasteiger partial charge in [-0.1, -0.05) is 54.6 Å². The molecule has 0 spiro atoms. The van der Waals surface area contributed by atoms with Crippen LogP contribution in [0.2, 0.25) is 0 Å². The molecule has 0 radical (unpaired) electrons. The van der Waals surface area contributed by atoms with Crippen LogP contribution in [0.4, 0.5) is 0 Å². The molecule has 0 saturated heterocycles. The molecule has 1 aliphatic carbocycles. The van der Waals surface area contributed by atoms with Crippen LogP contribution in [0.15, 0.2) is 22.7 Å². The van der Waals surface area contributed by atoms with Crippen molar-refractivity contribution >= 4 is 15.9 Å². The molecule has 1 saturated carbocycles. The molecule has 0 unspecified atom stereocenters. The molecule has 106 valence electrons. The van der Waals surface area contributed by atoms with E-state index >= 15 is 0 Å². The fourth-order valence-electron chi connectivity index (χ4n) is 3.54. The molecule has 2 rings (SSSR count). The van der Waals surface area contributed by atoms with E-state index < -0.39 is 0 Å². The van der Waals surface area contributed by atoms with Crippen LogP contribution in [-0.4, -0.2) is 0 Å². The molecule has 0 aromatic heterocycles. The van der Waals surface area contributed by atoms with Gasteiger partial charge in [0.15, 0.2) is 0 Å². The lowest BCUT2D eigenvalue weighted by Gasteiger charge is -2.29. The Morgan fingerprint density at radius 3 is 2.47 bits per heavy atom. The predicted molar refractivity (Wildman–Crippen MR) is 87.7 cm³/mol. The Labute approximate surface area is 127 Å². The van der Waals surface area contributed by atoms with Crippen molar-refractivity contribution in [3.8, 4) is 0 Å². The normalized spacial score (nSPS) is 23.5. The molecule has 1 heteroatoms. The minimum Gasteiger partial charge on any atom is -0.0654 e. The highest BCUT2D eigenvalue weighted by molar-refractivity contribution is 9.10. The summed E-state index contributed by atoms with van der Waals surface area (Å²) in [5, 5.41) is 0. The second-order valence-corrected chi connectivity index (χ2v) is 7.13. The zero-order chi connectivity index (χ0) is 13.7. The van der Waals surface area contributed by atoms with E-state index in [0.717, 1.165) is 11.8 Å². The molecule has 19 heavy (non-hydrogen) atoms. The van der Waals surface area contributed by atoms with Crippen molar-refractivity contribution in [3.63, 3.8) is 0 Å². The largest absolute Gasteiger partial charge is 0.0654 e. The fourth-order valence-corrected chi connectivity index (χ4v) is 4.02. The summed E-state index contributed by atoms with van der Waals surface area (Å²) in [7, 11) is 0. The molecule has 1 fully saturated rings. The van der Waals surface area contributed by atoms with Crippen LogP contribution in [-0.2, 0) is 0 Å². The number of halogens is 1. The van der Waals surface area contributed by atoms with Gasteiger partial charge >= 0.3 is 0 Å². The van der Waals surface area contributed by atoms with Crippen LogP contribution in [0.5, 0.6) is 0 Å². The van der Waals surface area contributed by atoms with Gasteiger partial charge in [0, 0.05) is 4.47 Å². The third kappa shape index (κ3) is 4.34. The van der Waals surface area contributed by atoms with Crippen LogP contribution in [0.25, 0.3) is 0 Å². The number of hydrogen-bond acceptors (Lipinski definition) is 0. The molecular weight excluding hydrogens is 296 g/mol. The number of aryl methyl sites for hydroxylation is 1. The average molecular weight is 323 g/mol. The van der Waals surface area contributed by atoms with Gasteiger partial charge in [-0.2, -0.15) is 0 Å². The van der Waals surface area contributed by atoms with E-state index in [9.17, 15) is 0 Å². The van der Waals surface area contributed by atoms with Crippen molar-refractivity contribution in [2.45, 2.75) is 71.1 Å². The van der Waals surface area contributed by atoms with Gasteiger partial charge in [-0.3, -0.25) is 0 Å². The zero-order valence-electron chi connectivity index (χ0n) is 12.4. The first kappa shape index (κ1) is 15.1. The maximum absolute atomic E-state index is 3.57. The topological polar surface area (TPSA) is 0 Å². The number of benzene rings is 1. The third-order valence-corrected chi connectivity index (χ3v) is 5.23. The second kappa shape index (κ2) is 7.47. The van der Waals surface area contributed by atoms with Gasteiger partial charge in [0.05, 0.1) is 0 Å². The maximum atomic E-state index is 3.57. The van der Waals surface area contributed by atoms with Gasteiger partial charge in [0.25, 0.3) is 0 Å². The van der Waals surface area contributed by atoms with Gasteiger partial charge in [0.1, 0.15) is 0 Å². The highest BCUT2D eigenvalue weighted by Gasteiger charge is 2.22. The van der Waals surface area contributed by atoms with Crippen LogP contribution < -0.4 is 0 Å². The molecule has 1 aromatic rings. The Morgan fingerprint density at radius 2 is 1.84 bits per heavy atom. The molecular formula is C18H27Br. The van der Waals surface area contributed by atoms with Gasteiger partial charge in [-0.25, -0.2) is 0 Å². The first-order chi connectivity index (χ1) is 9.20. The minimum atomic E-state index is 0.815. The lowest BCUT2D eigenvalue weighted by atomic mass is 9.76. The van der Waals surface area contributed by atoms with Crippen LogP contribution >= 0.6 is 15.9 Å². The molecule has 0 nitrogen and oxygen atoms in total. The summed E-state index contributed by atoms with van der Waals surface area (Å²) in [6.07, 6.45) is 11.4. The monoisotopic (exact) mass is 322 g/mol. The van der Waals surface area contributed by atoms with E-state index in [1.807, 2.05) is 0 Å². The predicted octanol–water partition coefficient (Wildman–Crippen LogP) is 6.61. The van der Waals surface area contributed by atoms with Crippen molar-refractivity contribution in [3.05, 3.63) is 33.8 Å². The first-order valence-corrected chi connectivity index (χ1v) is 8.76. The van der Waals surface area contributed by atoms with E-state index in [0.29, 0.717) is 0 Å². The molecule has 1 aliphatic rings. The van der Waals surface area contributed by atoms with Crippen LogP contribution in [0, 0.1) is 12.8 Å². The lowest BCUT2D eigenvalue weighted by Crippen LogP contribution is -2.14. The molecule has 0 bridgehead atoms. The Balaban J connectivity index is 1.85. The summed E-state index contributed by atoms with van der Waals surface area (Å²) in [5.74, 6) is 1.83. The van der Waals surface area contributed by atoms with Crippen molar-refractivity contribution in [2.75, 3.05) is 0 Å². The van der Waals surface area contributed by atoms with Gasteiger partial charge in [0.2, 0.25) is 0 Å². The number of hydrogen-bond donors (Lipinski definition) is 0. The number of rotatable bonds is 5. The first-order valence-electron chi connectivity index (χ1n) is 7.96. The lowest BCUT2D eigenvalue weighted by molar-refractivity contribution is 0.302. The average Bonchev–Trinajstić information content (AvgIpc) is 2.40. The van der Waals surface area contributed by atoms with Gasteiger partial charge in [-0.15, -0.1) is 0 Å². The highest BCUT2D eigenvalue weighted by atomic mass is 79.9. The van der Waals surface area contributed by atoms with Crippen molar-refractivity contribution < 1.29 is 0 Å². The fraction of sp³-hybridized carbons (Fsp3) is 0.667. The second-order valence-electron chi connectivity index (χ2n) is 6.21. The number of unbranched alkanes of at least 4 members (excludes halogenated alkanes) is 2. The Morgan fingerprint density at radius 1 is 1.11 bits per heavy atom. The molecule has 0 atom stereocenters. The smallest absolute Gasteiger partial charge is 0.0178 e. The minimum absolute atomic E-state index is 0.815. The summed E-state index contributed by atoms with van der Waals surface area (Å²) in [4.78, 5) is 0. The van der Waals surface area contributed by atoms with Crippen molar-refractivity contribution in [1.29, 1.82) is 0 Å². The molecule has 0 heterocycles. The summed E-state index contributed by atoms with van der Waals surface area (Å²) < 4.78 is 1.21. The van der Waals surface area contributed by atoms with Gasteiger partial charge in [-0.05, 0) is 67.7 Å². The van der Waals surface area contributed by atoms with E-state index in [-0.39, 0.29) is 0 Å². The Bertz CT molecular complexity index is 389. The van der Waals surface area contributed by atoms with E-state index in [2.05, 4.69) is 48.0 Å². The van der Waals surface area contributed by atoms with E-state index in [4.69, 9.17) is 0 Å². The molecule has 1 aromatic carbocycles. The van der Waals surface area contributed by atoms with E-state index in [1.54, 1.807) is 5.56 Å². The summed E-state index contributed by atoms with van der Waals surface area (Å²) in [6.45, 7) is 4.56. The highest BCUT2D eigenvalue weighted by Crippen LogP contribution is 2.39. The molecule has 0 amide bonds.